The third-order valence-corrected chi connectivity index (χ3v) is 5.31. The maximum absolute atomic E-state index is 13.4. The molecule has 0 unspecified atom stereocenters. The first-order chi connectivity index (χ1) is 14.4. The number of rotatable bonds is 5. The van der Waals surface area contributed by atoms with Gasteiger partial charge in [-0.05, 0) is 61.4 Å². The van der Waals surface area contributed by atoms with Crippen LogP contribution in [0.3, 0.4) is 0 Å². The highest BCUT2D eigenvalue weighted by Crippen LogP contribution is 2.26. The largest absolute Gasteiger partial charge is 0.367 e. The molecule has 0 spiro atoms. The second-order valence-electron chi connectivity index (χ2n) is 6.81. The lowest BCUT2D eigenvalue weighted by atomic mass is 10.1. The number of amides is 1. The fraction of sp³-hybridized carbons (Fsp3) is 0.143. The average molecular weight is 423 g/mol. The highest BCUT2D eigenvalue weighted by atomic mass is 32.2. The van der Waals surface area contributed by atoms with Crippen molar-refractivity contribution >= 4 is 29.0 Å². The fourth-order valence-corrected chi connectivity index (χ4v) is 3.71. The van der Waals surface area contributed by atoms with Gasteiger partial charge < -0.3 is 5.32 Å². The predicted octanol–water partition coefficient (Wildman–Crippen LogP) is 3.44. The van der Waals surface area contributed by atoms with E-state index >= 15 is 0 Å². The summed E-state index contributed by atoms with van der Waals surface area (Å²) in [6, 6.07) is 15.2. The number of hydrogen-bond donors (Lipinski definition) is 1. The second-order valence-corrected chi connectivity index (χ2v) is 7.90. The Kier molecular flexibility index (Phi) is 5.37. The Morgan fingerprint density at radius 3 is 2.73 bits per heavy atom. The second kappa shape index (κ2) is 8.11. The van der Waals surface area contributed by atoms with E-state index in [-0.39, 0.29) is 18.3 Å². The van der Waals surface area contributed by atoms with Crippen LogP contribution in [0, 0.1) is 19.7 Å². The van der Waals surface area contributed by atoms with Crippen LogP contribution in [-0.2, 0) is 11.3 Å². The molecule has 0 fully saturated rings. The standard InChI is InChI=1S/C21H18FN5O2S/c1-13-6-7-14(2)17(10-13)23-19(28)12-26-21(29)27-18(24-26)8-9-20(25-27)30-16-5-3-4-15(22)11-16/h3-11H,12H2,1-2H3,(H,23,28). The monoisotopic (exact) mass is 423 g/mol. The zero-order valence-corrected chi connectivity index (χ0v) is 17.1. The Balaban J connectivity index is 1.55. The van der Waals surface area contributed by atoms with Crippen LogP contribution < -0.4 is 11.0 Å². The van der Waals surface area contributed by atoms with Crippen molar-refractivity contribution in [3.05, 3.63) is 82.0 Å². The van der Waals surface area contributed by atoms with E-state index in [2.05, 4.69) is 15.5 Å². The van der Waals surface area contributed by atoms with Gasteiger partial charge in [-0.25, -0.2) is 13.9 Å². The molecule has 4 rings (SSSR count). The number of carbonyl (C=O) groups is 1. The van der Waals surface area contributed by atoms with Gasteiger partial charge in [-0.15, -0.1) is 5.10 Å². The Morgan fingerprint density at radius 1 is 1.10 bits per heavy atom. The van der Waals surface area contributed by atoms with Crippen molar-refractivity contribution < 1.29 is 9.18 Å². The Bertz CT molecular complexity index is 1310. The summed E-state index contributed by atoms with van der Waals surface area (Å²) >= 11 is 1.23. The minimum atomic E-state index is -0.525. The number of carbonyl (C=O) groups excluding carboxylic acids is 1. The number of fused-ring (bicyclic) bond motifs is 1. The molecule has 2 heterocycles. The average Bonchev–Trinajstić information content (AvgIpc) is 3.00. The fourth-order valence-electron chi connectivity index (χ4n) is 2.90. The Morgan fingerprint density at radius 2 is 1.93 bits per heavy atom. The van der Waals surface area contributed by atoms with E-state index in [1.54, 1.807) is 24.3 Å². The zero-order valence-electron chi connectivity index (χ0n) is 16.3. The van der Waals surface area contributed by atoms with Crippen LogP contribution in [0.15, 0.2) is 69.3 Å². The number of aromatic nitrogens is 4. The number of halogens is 1. The lowest BCUT2D eigenvalue weighted by Gasteiger charge is -2.08. The highest BCUT2D eigenvalue weighted by Gasteiger charge is 2.13. The molecule has 0 bridgehead atoms. The minimum absolute atomic E-state index is 0.234. The van der Waals surface area contributed by atoms with Crippen molar-refractivity contribution in [2.75, 3.05) is 5.32 Å². The lowest BCUT2D eigenvalue weighted by Crippen LogP contribution is -2.29. The van der Waals surface area contributed by atoms with E-state index in [9.17, 15) is 14.0 Å². The molecule has 2 aromatic carbocycles. The summed E-state index contributed by atoms with van der Waals surface area (Å²) in [5, 5.41) is 11.8. The smallest absolute Gasteiger partial charge is 0.324 e. The van der Waals surface area contributed by atoms with Gasteiger partial charge >= 0.3 is 5.69 Å². The predicted molar refractivity (Wildman–Crippen MR) is 112 cm³/mol. The summed E-state index contributed by atoms with van der Waals surface area (Å²) in [6.45, 7) is 3.60. The van der Waals surface area contributed by atoms with Gasteiger partial charge in [-0.2, -0.15) is 9.61 Å². The molecule has 0 saturated carbocycles. The molecule has 1 N–H and O–H groups in total. The van der Waals surface area contributed by atoms with Crippen LogP contribution in [-0.4, -0.2) is 25.3 Å². The van der Waals surface area contributed by atoms with Crippen molar-refractivity contribution in [3.8, 4) is 0 Å². The summed E-state index contributed by atoms with van der Waals surface area (Å²) in [5.41, 5.74) is 2.44. The molecule has 9 heteroatoms. The molecule has 0 saturated heterocycles. The SMILES string of the molecule is Cc1ccc(C)c(NC(=O)Cn2nc3ccc(Sc4cccc(F)c4)nn3c2=O)c1. The molecule has 1 amide bonds. The number of aryl methyl sites for hydroxylation is 2. The van der Waals surface area contributed by atoms with E-state index in [0.717, 1.165) is 20.3 Å². The molecule has 0 aliphatic rings. The summed E-state index contributed by atoms with van der Waals surface area (Å²) < 4.78 is 15.6. The van der Waals surface area contributed by atoms with Gasteiger partial charge in [0, 0.05) is 10.6 Å². The molecule has 152 valence electrons. The molecule has 30 heavy (non-hydrogen) atoms. The van der Waals surface area contributed by atoms with E-state index in [0.29, 0.717) is 21.3 Å². The van der Waals surface area contributed by atoms with Crippen LogP contribution in [0.1, 0.15) is 11.1 Å². The molecular formula is C21H18FN5O2S. The van der Waals surface area contributed by atoms with Gasteiger partial charge in [0.25, 0.3) is 0 Å². The Hall–Kier alpha value is -3.46. The van der Waals surface area contributed by atoms with Crippen LogP contribution in [0.5, 0.6) is 0 Å². The molecular weight excluding hydrogens is 405 g/mol. The molecule has 0 aliphatic heterocycles. The van der Waals surface area contributed by atoms with Crippen LogP contribution in [0.4, 0.5) is 10.1 Å². The van der Waals surface area contributed by atoms with Crippen LogP contribution in [0.25, 0.3) is 5.65 Å². The number of hydrogen-bond acceptors (Lipinski definition) is 5. The van der Waals surface area contributed by atoms with Gasteiger partial charge in [0.1, 0.15) is 17.4 Å². The maximum Gasteiger partial charge on any atom is 0.367 e. The van der Waals surface area contributed by atoms with Crippen LogP contribution >= 0.6 is 11.8 Å². The van der Waals surface area contributed by atoms with Crippen molar-refractivity contribution in [2.45, 2.75) is 30.3 Å². The van der Waals surface area contributed by atoms with Crippen molar-refractivity contribution in [2.24, 2.45) is 0 Å². The first kappa shape index (κ1) is 19.8. The van der Waals surface area contributed by atoms with E-state index < -0.39 is 5.69 Å². The molecule has 2 aromatic heterocycles. The normalized spacial score (nSPS) is 11.0. The van der Waals surface area contributed by atoms with Crippen molar-refractivity contribution in [3.63, 3.8) is 0 Å². The van der Waals surface area contributed by atoms with Crippen LogP contribution in [0.2, 0.25) is 0 Å². The number of nitrogens with zero attached hydrogens (tertiary/aromatic N) is 4. The summed E-state index contributed by atoms with van der Waals surface area (Å²) in [4.78, 5) is 25.7. The van der Waals surface area contributed by atoms with Gasteiger partial charge in [0.05, 0.1) is 0 Å². The summed E-state index contributed by atoms with van der Waals surface area (Å²) in [7, 11) is 0. The minimum Gasteiger partial charge on any atom is -0.324 e. The summed E-state index contributed by atoms with van der Waals surface area (Å²) in [6.07, 6.45) is 0. The Labute approximate surface area is 175 Å². The summed E-state index contributed by atoms with van der Waals surface area (Å²) in [5.74, 6) is -0.704. The first-order valence-electron chi connectivity index (χ1n) is 9.16. The lowest BCUT2D eigenvalue weighted by molar-refractivity contribution is -0.117. The zero-order chi connectivity index (χ0) is 21.3. The third-order valence-electron chi connectivity index (χ3n) is 4.39. The third kappa shape index (κ3) is 4.25. The van der Waals surface area contributed by atoms with E-state index in [1.807, 2.05) is 32.0 Å². The maximum atomic E-state index is 13.4. The van der Waals surface area contributed by atoms with Crippen molar-refractivity contribution in [1.82, 2.24) is 19.4 Å². The number of anilines is 1. The van der Waals surface area contributed by atoms with Gasteiger partial charge in [-0.1, -0.05) is 30.0 Å². The molecule has 0 atom stereocenters. The molecule has 4 aromatic rings. The number of benzene rings is 2. The van der Waals surface area contributed by atoms with Gasteiger partial charge in [0.2, 0.25) is 5.91 Å². The van der Waals surface area contributed by atoms with Gasteiger partial charge in [0.15, 0.2) is 5.65 Å². The van der Waals surface area contributed by atoms with Crippen molar-refractivity contribution in [1.29, 1.82) is 0 Å². The molecule has 0 radical (unpaired) electrons. The highest BCUT2D eigenvalue weighted by molar-refractivity contribution is 7.99. The first-order valence-corrected chi connectivity index (χ1v) is 9.98. The topological polar surface area (TPSA) is 81.3 Å². The van der Waals surface area contributed by atoms with Gasteiger partial charge in [-0.3, -0.25) is 4.79 Å². The quantitative estimate of drug-likeness (QED) is 0.532. The number of nitrogens with one attached hydrogen (secondary N) is 1. The molecule has 0 aliphatic carbocycles. The van der Waals surface area contributed by atoms with E-state index in [4.69, 9.17) is 0 Å². The van der Waals surface area contributed by atoms with E-state index in [1.165, 1.54) is 23.9 Å². The molecule has 7 nitrogen and oxygen atoms in total.